The van der Waals surface area contributed by atoms with Crippen LogP contribution >= 0.6 is 0 Å². The van der Waals surface area contributed by atoms with Crippen LogP contribution < -0.4 is 0 Å². The first-order valence-electron chi connectivity index (χ1n) is 8.26. The summed E-state index contributed by atoms with van der Waals surface area (Å²) in [4.78, 5) is 0. The summed E-state index contributed by atoms with van der Waals surface area (Å²) in [5.41, 5.74) is 2.18. The average molecular weight is 260 g/mol. The van der Waals surface area contributed by atoms with Crippen molar-refractivity contribution in [1.82, 2.24) is 0 Å². The van der Waals surface area contributed by atoms with Crippen molar-refractivity contribution in [3.05, 3.63) is 12.2 Å². The second-order valence-electron chi connectivity index (χ2n) is 6.42. The number of hydrogen-bond acceptors (Lipinski definition) is 0. The molecule has 0 heteroatoms. The van der Waals surface area contributed by atoms with Crippen molar-refractivity contribution < 1.29 is 0 Å². The average Bonchev–Trinajstić information content (AvgIpc) is 2.99. The quantitative estimate of drug-likeness (QED) is 0.364. The molecule has 0 radical (unpaired) electrons. The normalized spacial score (nSPS) is 24.5. The summed E-state index contributed by atoms with van der Waals surface area (Å²) in [5, 5.41) is 0. The molecule has 2 unspecified atom stereocenters. The van der Waals surface area contributed by atoms with Crippen molar-refractivity contribution in [2.45, 2.75) is 85.5 Å². The topological polar surface area (TPSA) is 0 Å². The molecular weight excluding hydrogens is 228 g/mol. The zero-order chi connectivity index (χ0) is 14.4. The van der Waals surface area contributed by atoms with E-state index in [9.17, 15) is 0 Å². The van der Waals surface area contributed by atoms with E-state index in [1.807, 2.05) is 0 Å². The maximum Gasteiger partial charge on any atom is 0.0320 e. The largest absolute Gasteiger partial charge is 0.103 e. The van der Waals surface area contributed by atoms with Crippen LogP contribution in [0.25, 0.3) is 0 Å². The van der Waals surface area contributed by atoms with Gasteiger partial charge in [0, 0.05) is 11.8 Å². The molecule has 0 amide bonds. The van der Waals surface area contributed by atoms with E-state index in [4.69, 9.17) is 0 Å². The van der Waals surface area contributed by atoms with Gasteiger partial charge in [0.25, 0.3) is 0 Å². The van der Waals surface area contributed by atoms with Crippen molar-refractivity contribution >= 4 is 0 Å². The molecular formula is C19H32. The molecule has 0 aromatic carbocycles. The summed E-state index contributed by atoms with van der Waals surface area (Å²) < 4.78 is 0. The Bertz CT molecular complexity index is 354. The van der Waals surface area contributed by atoms with Crippen LogP contribution in [0.15, 0.2) is 12.2 Å². The highest BCUT2D eigenvalue weighted by molar-refractivity contribution is 5.32. The van der Waals surface area contributed by atoms with Crippen molar-refractivity contribution in [2.24, 2.45) is 10.8 Å². The Balaban J connectivity index is 2.85. The van der Waals surface area contributed by atoms with Gasteiger partial charge < -0.3 is 0 Å². The minimum Gasteiger partial charge on any atom is -0.103 e. The van der Waals surface area contributed by atoms with Crippen LogP contribution in [0.3, 0.4) is 0 Å². The highest BCUT2D eigenvalue weighted by Crippen LogP contribution is 2.61. The van der Waals surface area contributed by atoms with E-state index in [2.05, 4.69) is 46.1 Å². The second kappa shape index (κ2) is 7.18. The summed E-state index contributed by atoms with van der Waals surface area (Å²) >= 11 is 0. The lowest BCUT2D eigenvalue weighted by Gasteiger charge is -2.31. The van der Waals surface area contributed by atoms with Crippen LogP contribution in [0.1, 0.15) is 85.5 Å². The molecule has 0 spiro atoms. The van der Waals surface area contributed by atoms with Gasteiger partial charge in [-0.1, -0.05) is 58.6 Å². The van der Waals surface area contributed by atoms with E-state index in [1.54, 1.807) is 0 Å². The van der Waals surface area contributed by atoms with Crippen molar-refractivity contribution in [3.8, 4) is 11.8 Å². The summed E-state index contributed by atoms with van der Waals surface area (Å²) in [7, 11) is 0. The standard InChI is InChI=1S/C19H32/c1-6-10-11-14-18(9-4,12-7-2)16-19(13-8-3)15-17(19)5/h5-10,12-13,15-16H2,1-4H3. The highest BCUT2D eigenvalue weighted by atomic mass is 14.5. The summed E-state index contributed by atoms with van der Waals surface area (Å²) in [5.74, 6) is 7.11. The maximum absolute atomic E-state index is 4.27. The van der Waals surface area contributed by atoms with Gasteiger partial charge in [-0.2, -0.15) is 0 Å². The molecule has 2 atom stereocenters. The van der Waals surface area contributed by atoms with Crippen molar-refractivity contribution in [2.75, 3.05) is 0 Å². The van der Waals surface area contributed by atoms with E-state index < -0.39 is 0 Å². The molecule has 0 bridgehead atoms. The summed E-state index contributed by atoms with van der Waals surface area (Å²) in [6.07, 6.45) is 11.0. The Morgan fingerprint density at radius 2 is 1.84 bits per heavy atom. The molecule has 0 aromatic heterocycles. The van der Waals surface area contributed by atoms with Gasteiger partial charge in [0.15, 0.2) is 0 Å². The Labute approximate surface area is 121 Å². The van der Waals surface area contributed by atoms with Gasteiger partial charge in [0.1, 0.15) is 0 Å². The molecule has 1 rings (SSSR count). The van der Waals surface area contributed by atoms with Gasteiger partial charge in [0.2, 0.25) is 0 Å². The van der Waals surface area contributed by atoms with E-state index in [0.29, 0.717) is 5.41 Å². The molecule has 0 N–H and O–H groups in total. The molecule has 0 heterocycles. The lowest BCUT2D eigenvalue weighted by atomic mass is 9.71. The molecule has 1 aliphatic carbocycles. The smallest absolute Gasteiger partial charge is 0.0320 e. The van der Waals surface area contributed by atoms with Crippen LogP contribution in [0.2, 0.25) is 0 Å². The van der Waals surface area contributed by atoms with E-state index in [-0.39, 0.29) is 5.41 Å². The van der Waals surface area contributed by atoms with Crippen LogP contribution in [-0.4, -0.2) is 0 Å². The summed E-state index contributed by atoms with van der Waals surface area (Å²) in [6, 6.07) is 0. The Morgan fingerprint density at radius 3 is 2.26 bits per heavy atom. The third kappa shape index (κ3) is 4.13. The van der Waals surface area contributed by atoms with Gasteiger partial charge in [-0.3, -0.25) is 0 Å². The third-order valence-corrected chi connectivity index (χ3v) is 4.72. The van der Waals surface area contributed by atoms with E-state index in [1.165, 1.54) is 56.9 Å². The monoisotopic (exact) mass is 260 g/mol. The molecule has 1 aliphatic rings. The lowest BCUT2D eigenvalue weighted by molar-refractivity contribution is 0.246. The fourth-order valence-corrected chi connectivity index (χ4v) is 3.47. The predicted molar refractivity (Wildman–Crippen MR) is 86.0 cm³/mol. The maximum atomic E-state index is 4.27. The third-order valence-electron chi connectivity index (χ3n) is 4.72. The van der Waals surface area contributed by atoms with Gasteiger partial charge in [-0.15, -0.1) is 5.92 Å². The Kier molecular flexibility index (Phi) is 6.18. The molecule has 108 valence electrons. The first-order chi connectivity index (χ1) is 9.08. The minimum absolute atomic E-state index is 0.249. The molecule has 1 saturated carbocycles. The van der Waals surface area contributed by atoms with Crippen LogP contribution in [0, 0.1) is 22.7 Å². The number of unbranched alkanes of at least 4 members (excludes halogenated alkanes) is 1. The van der Waals surface area contributed by atoms with Gasteiger partial charge >= 0.3 is 0 Å². The number of rotatable bonds is 8. The molecule has 0 aliphatic heterocycles. The predicted octanol–water partition coefficient (Wildman–Crippen LogP) is 6.12. The zero-order valence-corrected chi connectivity index (χ0v) is 13.6. The zero-order valence-electron chi connectivity index (χ0n) is 13.6. The first-order valence-corrected chi connectivity index (χ1v) is 8.26. The van der Waals surface area contributed by atoms with Crippen LogP contribution in [0.4, 0.5) is 0 Å². The lowest BCUT2D eigenvalue weighted by Crippen LogP contribution is -2.23. The minimum atomic E-state index is 0.249. The van der Waals surface area contributed by atoms with Crippen LogP contribution in [0.5, 0.6) is 0 Å². The van der Waals surface area contributed by atoms with Gasteiger partial charge in [0.05, 0.1) is 0 Å². The second-order valence-corrected chi connectivity index (χ2v) is 6.42. The molecule has 19 heavy (non-hydrogen) atoms. The summed E-state index contributed by atoms with van der Waals surface area (Å²) in [6.45, 7) is 13.4. The molecule has 1 fully saturated rings. The Hall–Kier alpha value is -0.700. The fraction of sp³-hybridized carbons (Fsp3) is 0.789. The first kappa shape index (κ1) is 16.4. The SMILES string of the molecule is C=C1CC1(CCC)CC(C#CCCC)(CC)CCC. The number of allylic oxidation sites excluding steroid dienone is 1. The van der Waals surface area contributed by atoms with E-state index in [0.717, 1.165) is 6.42 Å². The van der Waals surface area contributed by atoms with Gasteiger partial charge in [-0.25, -0.2) is 0 Å². The van der Waals surface area contributed by atoms with Crippen molar-refractivity contribution in [3.63, 3.8) is 0 Å². The highest BCUT2D eigenvalue weighted by Gasteiger charge is 2.50. The molecule has 0 aromatic rings. The number of hydrogen-bond donors (Lipinski definition) is 0. The van der Waals surface area contributed by atoms with E-state index >= 15 is 0 Å². The fourth-order valence-electron chi connectivity index (χ4n) is 3.47. The molecule has 0 nitrogen and oxygen atoms in total. The Morgan fingerprint density at radius 1 is 1.16 bits per heavy atom. The molecule has 0 saturated heterocycles. The van der Waals surface area contributed by atoms with Crippen LogP contribution in [-0.2, 0) is 0 Å². The van der Waals surface area contributed by atoms with Crippen molar-refractivity contribution in [1.29, 1.82) is 0 Å². The van der Waals surface area contributed by atoms with Gasteiger partial charge in [-0.05, 0) is 43.9 Å².